The van der Waals surface area contributed by atoms with Crippen molar-refractivity contribution in [1.29, 1.82) is 0 Å². The second kappa shape index (κ2) is 9.09. The molecule has 0 N–H and O–H groups in total. The molecule has 5 rings (SSSR count). The molecule has 3 aromatic rings. The summed E-state index contributed by atoms with van der Waals surface area (Å²) in [4.78, 5) is 19.3. The van der Waals surface area contributed by atoms with Crippen LogP contribution in [-0.2, 0) is 14.8 Å². The molecule has 0 radical (unpaired) electrons. The van der Waals surface area contributed by atoms with Crippen molar-refractivity contribution in [2.45, 2.75) is 36.7 Å². The molecule has 2 aromatic carbocycles. The van der Waals surface area contributed by atoms with Gasteiger partial charge in [-0.25, -0.2) is 17.8 Å². The van der Waals surface area contributed by atoms with E-state index >= 15 is 0 Å². The number of halogens is 1. The highest BCUT2D eigenvalue weighted by molar-refractivity contribution is 7.89. The van der Waals surface area contributed by atoms with E-state index in [-0.39, 0.29) is 11.7 Å². The Labute approximate surface area is 195 Å². The number of hydrogen-bond donors (Lipinski definition) is 0. The molecule has 2 aliphatic rings. The average Bonchev–Trinajstić information content (AvgIpc) is 3.59. The van der Waals surface area contributed by atoms with Crippen molar-refractivity contribution in [3.63, 3.8) is 0 Å². The van der Waals surface area contributed by atoms with Crippen molar-refractivity contribution < 1.29 is 22.3 Å². The van der Waals surface area contributed by atoms with Crippen molar-refractivity contribution in [3.05, 3.63) is 53.8 Å². The molecule has 2 fully saturated rings. The van der Waals surface area contributed by atoms with Crippen LogP contribution in [0.4, 0.5) is 9.52 Å². The number of rotatable bonds is 6. The number of anilines is 1. The first-order valence-corrected chi connectivity index (χ1v) is 13.3. The molecule has 1 atom stereocenters. The molecule has 33 heavy (non-hydrogen) atoms. The van der Waals surface area contributed by atoms with E-state index < -0.39 is 26.6 Å². The topological polar surface area (TPSA) is 79.8 Å². The summed E-state index contributed by atoms with van der Waals surface area (Å²) in [5, 5.41) is 0.505. The van der Waals surface area contributed by atoms with Gasteiger partial charge in [0.25, 0.3) is 5.91 Å². The number of para-hydroxylation sites is 1. The monoisotopic (exact) mass is 489 g/mol. The first-order valence-electron chi connectivity index (χ1n) is 11.0. The largest absolute Gasteiger partial charge is 0.376 e. The van der Waals surface area contributed by atoms with Gasteiger partial charge in [-0.15, -0.1) is 0 Å². The Hall–Kier alpha value is -2.40. The van der Waals surface area contributed by atoms with Gasteiger partial charge in [0, 0.05) is 25.3 Å². The van der Waals surface area contributed by atoms with Gasteiger partial charge >= 0.3 is 0 Å². The molecule has 3 heterocycles. The standard InChI is InChI=1S/C23H24FN3O4S2/c24-18-10-9-16(14-21(18)33(29,30)26-11-3-4-12-26)22(28)27(15-17-6-5-13-31-17)23-25-19-7-1-2-8-20(19)32-23/h1-2,7-10,14,17H,3-6,11-13,15H2. The van der Waals surface area contributed by atoms with Crippen molar-refractivity contribution in [1.82, 2.24) is 9.29 Å². The summed E-state index contributed by atoms with van der Waals surface area (Å²) in [5.74, 6) is -1.29. The smallest absolute Gasteiger partial charge is 0.260 e. The first kappa shape index (κ1) is 22.4. The zero-order valence-electron chi connectivity index (χ0n) is 17.9. The van der Waals surface area contributed by atoms with E-state index in [4.69, 9.17) is 4.74 Å². The summed E-state index contributed by atoms with van der Waals surface area (Å²) >= 11 is 1.38. The predicted molar refractivity (Wildman–Crippen MR) is 125 cm³/mol. The Morgan fingerprint density at radius 2 is 1.97 bits per heavy atom. The molecule has 2 saturated heterocycles. The van der Waals surface area contributed by atoms with Crippen LogP contribution in [0, 0.1) is 5.82 Å². The summed E-state index contributed by atoms with van der Waals surface area (Å²) in [6.07, 6.45) is 3.10. The third kappa shape index (κ3) is 4.40. The highest BCUT2D eigenvalue weighted by atomic mass is 32.2. The maximum Gasteiger partial charge on any atom is 0.260 e. The number of amides is 1. The number of carbonyl (C=O) groups is 1. The fourth-order valence-electron chi connectivity index (χ4n) is 4.27. The SMILES string of the molecule is O=C(c1ccc(F)c(S(=O)(=O)N2CCCC2)c1)N(CC1CCCO1)c1nc2ccccc2s1. The maximum absolute atomic E-state index is 14.6. The summed E-state index contributed by atoms with van der Waals surface area (Å²) in [7, 11) is -4.01. The lowest BCUT2D eigenvalue weighted by molar-refractivity contribution is 0.0917. The lowest BCUT2D eigenvalue weighted by Gasteiger charge is -2.23. The molecular weight excluding hydrogens is 465 g/mol. The zero-order chi connectivity index (χ0) is 23.0. The molecule has 7 nitrogen and oxygen atoms in total. The van der Waals surface area contributed by atoms with Crippen LogP contribution in [-0.4, -0.2) is 56.0 Å². The van der Waals surface area contributed by atoms with E-state index in [2.05, 4.69) is 4.98 Å². The second-order valence-corrected chi connectivity index (χ2v) is 11.2. The molecule has 2 aliphatic heterocycles. The van der Waals surface area contributed by atoms with E-state index in [9.17, 15) is 17.6 Å². The molecule has 1 aromatic heterocycles. The number of fused-ring (bicyclic) bond motifs is 1. The minimum atomic E-state index is -4.01. The Morgan fingerprint density at radius 1 is 1.18 bits per heavy atom. The van der Waals surface area contributed by atoms with Crippen molar-refractivity contribution in [2.24, 2.45) is 0 Å². The fourth-order valence-corrected chi connectivity index (χ4v) is 6.85. The lowest BCUT2D eigenvalue weighted by atomic mass is 10.1. The lowest BCUT2D eigenvalue weighted by Crippen LogP contribution is -2.37. The Bertz CT molecular complexity index is 1250. The van der Waals surface area contributed by atoms with E-state index in [1.165, 1.54) is 26.6 Å². The van der Waals surface area contributed by atoms with Crippen molar-refractivity contribution in [2.75, 3.05) is 31.1 Å². The van der Waals surface area contributed by atoms with E-state index in [0.29, 0.717) is 31.4 Å². The van der Waals surface area contributed by atoms with E-state index in [1.54, 1.807) is 0 Å². The van der Waals surface area contributed by atoms with Gasteiger partial charge in [-0.05, 0) is 56.0 Å². The van der Waals surface area contributed by atoms with Crippen LogP contribution in [0.1, 0.15) is 36.0 Å². The molecular formula is C23H24FN3O4S2. The maximum atomic E-state index is 14.6. The van der Waals surface area contributed by atoms with E-state index in [1.807, 2.05) is 24.3 Å². The number of aromatic nitrogens is 1. The second-order valence-electron chi connectivity index (χ2n) is 8.27. The van der Waals surface area contributed by atoms with Crippen LogP contribution in [0.3, 0.4) is 0 Å². The Morgan fingerprint density at radius 3 is 2.70 bits per heavy atom. The minimum Gasteiger partial charge on any atom is -0.376 e. The van der Waals surface area contributed by atoms with Gasteiger partial charge in [0.05, 0.1) is 22.9 Å². The van der Waals surface area contributed by atoms with Crippen molar-refractivity contribution in [3.8, 4) is 0 Å². The van der Waals surface area contributed by atoms with Gasteiger partial charge in [0.1, 0.15) is 10.7 Å². The fraction of sp³-hybridized carbons (Fsp3) is 0.391. The summed E-state index contributed by atoms with van der Waals surface area (Å²) in [6, 6.07) is 11.1. The summed E-state index contributed by atoms with van der Waals surface area (Å²) in [5.41, 5.74) is 0.880. The molecule has 0 saturated carbocycles. The Balaban J connectivity index is 1.52. The number of ether oxygens (including phenoxy) is 1. The van der Waals surface area contributed by atoms with E-state index in [0.717, 1.165) is 48.0 Å². The van der Waals surface area contributed by atoms with Gasteiger partial charge < -0.3 is 4.74 Å². The average molecular weight is 490 g/mol. The van der Waals surface area contributed by atoms with Gasteiger partial charge in [-0.2, -0.15) is 4.31 Å². The number of nitrogens with zero attached hydrogens (tertiary/aromatic N) is 3. The molecule has 10 heteroatoms. The van der Waals surface area contributed by atoms with Gasteiger partial charge in [0.2, 0.25) is 10.0 Å². The number of sulfonamides is 1. The normalized spacial score (nSPS) is 19.4. The van der Waals surface area contributed by atoms with Crippen LogP contribution in [0.25, 0.3) is 10.2 Å². The molecule has 1 unspecified atom stereocenters. The summed E-state index contributed by atoms with van der Waals surface area (Å²) in [6.45, 7) is 1.65. The highest BCUT2D eigenvalue weighted by Gasteiger charge is 2.32. The number of benzene rings is 2. The van der Waals surface area contributed by atoms with Crippen LogP contribution < -0.4 is 4.90 Å². The van der Waals surface area contributed by atoms with Gasteiger partial charge in [0.15, 0.2) is 5.13 Å². The zero-order valence-corrected chi connectivity index (χ0v) is 19.6. The van der Waals surface area contributed by atoms with Crippen molar-refractivity contribution >= 4 is 42.6 Å². The third-order valence-corrected chi connectivity index (χ3v) is 9.00. The number of carbonyl (C=O) groups excluding carboxylic acids is 1. The minimum absolute atomic E-state index is 0.103. The summed E-state index contributed by atoms with van der Waals surface area (Å²) < 4.78 is 48.6. The quantitative estimate of drug-likeness (QED) is 0.522. The molecule has 174 valence electrons. The molecule has 0 bridgehead atoms. The third-order valence-electron chi connectivity index (χ3n) is 6.03. The van der Waals surface area contributed by atoms with Crippen LogP contribution in [0.5, 0.6) is 0 Å². The molecule has 0 aliphatic carbocycles. The predicted octanol–water partition coefficient (Wildman–Crippen LogP) is 4.05. The van der Waals surface area contributed by atoms with Crippen LogP contribution in [0.2, 0.25) is 0 Å². The number of thiazole rings is 1. The number of hydrogen-bond acceptors (Lipinski definition) is 6. The van der Waals surface area contributed by atoms with Crippen LogP contribution in [0.15, 0.2) is 47.4 Å². The van der Waals surface area contributed by atoms with Gasteiger partial charge in [-0.1, -0.05) is 23.5 Å². The van der Waals surface area contributed by atoms with Gasteiger partial charge in [-0.3, -0.25) is 9.69 Å². The Kier molecular flexibility index (Phi) is 6.17. The molecule has 1 amide bonds. The molecule has 0 spiro atoms. The van der Waals surface area contributed by atoms with Crippen LogP contribution >= 0.6 is 11.3 Å². The first-order chi connectivity index (χ1) is 15.9. The highest BCUT2D eigenvalue weighted by Crippen LogP contribution is 2.32.